The lowest BCUT2D eigenvalue weighted by Crippen LogP contribution is -2.50. The molecule has 0 heterocycles. The van der Waals surface area contributed by atoms with Crippen molar-refractivity contribution in [1.29, 1.82) is 0 Å². The van der Waals surface area contributed by atoms with Crippen molar-refractivity contribution in [2.75, 3.05) is 6.61 Å². The van der Waals surface area contributed by atoms with Crippen LogP contribution in [0.5, 0.6) is 0 Å². The molecule has 108 valence electrons. The van der Waals surface area contributed by atoms with E-state index in [-0.39, 0.29) is 11.5 Å². The number of benzene rings is 1. The van der Waals surface area contributed by atoms with Gasteiger partial charge in [-0.3, -0.25) is 0 Å². The number of hydrogen-bond donors (Lipinski definition) is 2. The number of halogens is 1. The SMILES string of the molecule is CCC(CC)(CO)NS(=O)(=O)c1ccc(Br)c(C)c1. The van der Waals surface area contributed by atoms with Gasteiger partial charge >= 0.3 is 0 Å². The molecule has 0 aliphatic carbocycles. The molecule has 0 saturated carbocycles. The third kappa shape index (κ3) is 3.78. The fraction of sp³-hybridized carbons (Fsp3) is 0.538. The maximum Gasteiger partial charge on any atom is 0.241 e. The van der Waals surface area contributed by atoms with Gasteiger partial charge in [-0.1, -0.05) is 29.8 Å². The first kappa shape index (κ1) is 16.6. The van der Waals surface area contributed by atoms with Crippen LogP contribution in [0.25, 0.3) is 0 Å². The molecule has 0 aliphatic rings. The highest BCUT2D eigenvalue weighted by molar-refractivity contribution is 9.10. The average Bonchev–Trinajstić information content (AvgIpc) is 2.39. The van der Waals surface area contributed by atoms with E-state index < -0.39 is 15.6 Å². The summed E-state index contributed by atoms with van der Waals surface area (Å²) in [5, 5.41) is 9.45. The Kier molecular flexibility index (Phi) is 5.55. The second kappa shape index (κ2) is 6.35. The third-order valence-corrected chi connectivity index (χ3v) is 5.91. The molecule has 0 fully saturated rings. The van der Waals surface area contributed by atoms with E-state index in [4.69, 9.17) is 0 Å². The minimum absolute atomic E-state index is 0.214. The van der Waals surface area contributed by atoms with Gasteiger partial charge in [0.25, 0.3) is 0 Å². The summed E-state index contributed by atoms with van der Waals surface area (Å²) in [6.07, 6.45) is 1.07. The minimum Gasteiger partial charge on any atom is -0.394 e. The fourth-order valence-corrected chi connectivity index (χ4v) is 3.65. The van der Waals surface area contributed by atoms with E-state index in [0.717, 1.165) is 10.0 Å². The molecule has 0 unspecified atom stereocenters. The van der Waals surface area contributed by atoms with E-state index in [0.29, 0.717) is 12.8 Å². The van der Waals surface area contributed by atoms with Crippen LogP contribution in [0.4, 0.5) is 0 Å². The first-order valence-electron chi connectivity index (χ1n) is 6.21. The molecule has 4 nitrogen and oxygen atoms in total. The van der Waals surface area contributed by atoms with E-state index in [1.54, 1.807) is 18.2 Å². The fourth-order valence-electron chi connectivity index (χ4n) is 1.78. The highest BCUT2D eigenvalue weighted by Gasteiger charge is 2.31. The molecule has 1 aromatic carbocycles. The maximum absolute atomic E-state index is 12.4. The highest BCUT2D eigenvalue weighted by Crippen LogP contribution is 2.23. The van der Waals surface area contributed by atoms with Crippen molar-refractivity contribution in [2.24, 2.45) is 0 Å². The van der Waals surface area contributed by atoms with Crippen molar-refractivity contribution in [2.45, 2.75) is 44.0 Å². The predicted octanol–water partition coefficient (Wildman–Crippen LogP) is 2.59. The molecular formula is C13H20BrNO3S. The first-order valence-corrected chi connectivity index (χ1v) is 8.49. The van der Waals surface area contributed by atoms with E-state index in [2.05, 4.69) is 20.7 Å². The summed E-state index contributed by atoms with van der Waals surface area (Å²) in [7, 11) is -3.62. The zero-order chi connectivity index (χ0) is 14.7. The number of aliphatic hydroxyl groups excluding tert-OH is 1. The zero-order valence-electron chi connectivity index (χ0n) is 11.4. The molecule has 6 heteroatoms. The van der Waals surface area contributed by atoms with Gasteiger partial charge in [0.15, 0.2) is 0 Å². The molecule has 1 rings (SSSR count). The van der Waals surface area contributed by atoms with Crippen LogP contribution in [0.3, 0.4) is 0 Å². The lowest BCUT2D eigenvalue weighted by molar-refractivity contribution is 0.172. The van der Waals surface area contributed by atoms with Gasteiger partial charge in [0.2, 0.25) is 10.0 Å². The van der Waals surface area contributed by atoms with Crippen LogP contribution in [0.2, 0.25) is 0 Å². The van der Waals surface area contributed by atoms with Gasteiger partial charge in [0.05, 0.1) is 17.0 Å². The summed E-state index contributed by atoms with van der Waals surface area (Å²) in [6.45, 7) is 5.33. The topological polar surface area (TPSA) is 66.4 Å². The summed E-state index contributed by atoms with van der Waals surface area (Å²) in [6, 6.07) is 4.87. The smallest absolute Gasteiger partial charge is 0.241 e. The minimum atomic E-state index is -3.62. The lowest BCUT2D eigenvalue weighted by atomic mass is 9.96. The number of rotatable bonds is 6. The molecule has 0 atom stereocenters. The molecular weight excluding hydrogens is 330 g/mol. The molecule has 0 aromatic heterocycles. The molecule has 0 saturated heterocycles. The highest BCUT2D eigenvalue weighted by atomic mass is 79.9. The Bertz CT molecular complexity index is 531. The van der Waals surface area contributed by atoms with Crippen molar-refractivity contribution in [3.8, 4) is 0 Å². The summed E-state index contributed by atoms with van der Waals surface area (Å²) >= 11 is 3.34. The van der Waals surface area contributed by atoms with Crippen LogP contribution in [0.1, 0.15) is 32.3 Å². The molecule has 0 bridgehead atoms. The first-order chi connectivity index (χ1) is 8.80. The van der Waals surface area contributed by atoms with Crippen LogP contribution >= 0.6 is 15.9 Å². The molecule has 0 aliphatic heterocycles. The van der Waals surface area contributed by atoms with Crippen LogP contribution in [0.15, 0.2) is 27.6 Å². The molecule has 0 amide bonds. The number of sulfonamides is 1. The van der Waals surface area contributed by atoms with Crippen molar-refractivity contribution < 1.29 is 13.5 Å². The van der Waals surface area contributed by atoms with Gasteiger partial charge in [0, 0.05) is 4.47 Å². The Morgan fingerprint density at radius 2 is 1.89 bits per heavy atom. The number of hydrogen-bond acceptors (Lipinski definition) is 3. The van der Waals surface area contributed by atoms with Crippen LogP contribution in [-0.4, -0.2) is 25.7 Å². The Labute approximate surface area is 123 Å². The van der Waals surface area contributed by atoms with Crippen molar-refractivity contribution in [3.63, 3.8) is 0 Å². The Morgan fingerprint density at radius 3 is 2.32 bits per heavy atom. The summed E-state index contributed by atoms with van der Waals surface area (Å²) in [4.78, 5) is 0.216. The lowest BCUT2D eigenvalue weighted by Gasteiger charge is -2.30. The Balaban J connectivity index is 3.14. The van der Waals surface area contributed by atoms with Gasteiger partial charge < -0.3 is 5.11 Å². The van der Waals surface area contributed by atoms with Crippen LogP contribution in [0, 0.1) is 6.92 Å². The van der Waals surface area contributed by atoms with Gasteiger partial charge in [-0.15, -0.1) is 0 Å². The summed E-state index contributed by atoms with van der Waals surface area (Å²) < 4.78 is 28.2. The van der Waals surface area contributed by atoms with E-state index >= 15 is 0 Å². The van der Waals surface area contributed by atoms with Crippen LogP contribution in [-0.2, 0) is 10.0 Å². The largest absolute Gasteiger partial charge is 0.394 e. The van der Waals surface area contributed by atoms with Crippen molar-refractivity contribution in [1.82, 2.24) is 4.72 Å². The number of aryl methyl sites for hydroxylation is 1. The monoisotopic (exact) mass is 349 g/mol. The van der Waals surface area contributed by atoms with E-state index in [1.807, 2.05) is 20.8 Å². The molecule has 0 spiro atoms. The van der Waals surface area contributed by atoms with Crippen molar-refractivity contribution in [3.05, 3.63) is 28.2 Å². The van der Waals surface area contributed by atoms with E-state index in [9.17, 15) is 13.5 Å². The number of aliphatic hydroxyl groups is 1. The zero-order valence-corrected chi connectivity index (χ0v) is 13.8. The average molecular weight is 350 g/mol. The van der Waals surface area contributed by atoms with Crippen molar-refractivity contribution >= 4 is 26.0 Å². The van der Waals surface area contributed by atoms with Gasteiger partial charge in [-0.25, -0.2) is 13.1 Å². The second-order valence-corrected chi connectivity index (χ2v) is 7.20. The Morgan fingerprint density at radius 1 is 1.32 bits per heavy atom. The van der Waals surface area contributed by atoms with Gasteiger partial charge in [-0.05, 0) is 43.5 Å². The molecule has 1 aromatic rings. The normalized spacial score (nSPS) is 12.7. The standard InChI is InChI=1S/C13H20BrNO3S/c1-4-13(5-2,9-16)15-19(17,18)11-6-7-12(14)10(3)8-11/h6-8,15-16H,4-5,9H2,1-3H3. The Hall–Kier alpha value is -0.430. The molecule has 0 radical (unpaired) electrons. The van der Waals surface area contributed by atoms with Gasteiger partial charge in [-0.2, -0.15) is 0 Å². The quantitative estimate of drug-likeness (QED) is 0.829. The molecule has 2 N–H and O–H groups in total. The van der Waals surface area contributed by atoms with Gasteiger partial charge in [0.1, 0.15) is 0 Å². The predicted molar refractivity (Wildman–Crippen MR) is 79.6 cm³/mol. The van der Waals surface area contributed by atoms with E-state index in [1.165, 1.54) is 0 Å². The maximum atomic E-state index is 12.4. The second-order valence-electron chi connectivity index (χ2n) is 4.66. The summed E-state index contributed by atoms with van der Waals surface area (Å²) in [5.74, 6) is 0. The number of nitrogens with one attached hydrogen (secondary N) is 1. The van der Waals surface area contributed by atoms with Crippen LogP contribution < -0.4 is 4.72 Å². The summed E-state index contributed by atoms with van der Waals surface area (Å²) in [5.41, 5.74) is 0.0604. The molecule has 19 heavy (non-hydrogen) atoms. The third-order valence-electron chi connectivity index (χ3n) is 3.45.